The number of H-pyrrole nitrogens is 1. The maximum atomic E-state index is 14.0. The lowest BCUT2D eigenvalue weighted by atomic mass is 9.76. The number of carbonyl (C=O) groups is 1. The number of cyclic esters (lactones) is 1. The Morgan fingerprint density at radius 3 is 2.77 bits per heavy atom. The van der Waals surface area contributed by atoms with Crippen LogP contribution in [0.25, 0.3) is 0 Å². The average Bonchev–Trinajstić information content (AvgIpc) is 3.24. The van der Waals surface area contributed by atoms with Gasteiger partial charge in [-0.25, -0.2) is 8.78 Å². The highest BCUT2D eigenvalue weighted by Gasteiger charge is 2.50. The predicted octanol–water partition coefficient (Wildman–Crippen LogP) is 3.03. The molecule has 2 aliphatic rings. The third kappa shape index (κ3) is 4.25. The standard InChI is InChI=1S/C22H28F2N4O2/c1-15-17(11-25-26-15)12-27(2)14-18-10-22(21(29)30-18)6-8-28(9-7-22)13-16-4-3-5-19(23)20(16)24/h3-5,11,18H,6-10,12-14H2,1-2H3,(H,25,26). The summed E-state index contributed by atoms with van der Waals surface area (Å²) in [6, 6.07) is 4.27. The highest BCUT2D eigenvalue weighted by atomic mass is 19.2. The summed E-state index contributed by atoms with van der Waals surface area (Å²) < 4.78 is 33.1. The van der Waals surface area contributed by atoms with Crippen LogP contribution in [0.1, 0.15) is 36.1 Å². The minimum Gasteiger partial charge on any atom is -0.461 e. The smallest absolute Gasteiger partial charge is 0.312 e. The van der Waals surface area contributed by atoms with Gasteiger partial charge in [0, 0.05) is 42.9 Å². The number of aryl methyl sites for hydroxylation is 1. The summed E-state index contributed by atoms with van der Waals surface area (Å²) in [7, 11) is 2.02. The van der Waals surface area contributed by atoms with Gasteiger partial charge in [0.05, 0.1) is 11.6 Å². The van der Waals surface area contributed by atoms with E-state index in [0.717, 1.165) is 23.9 Å². The number of nitrogens with one attached hydrogen (secondary N) is 1. The normalized spacial score (nSPS) is 21.5. The highest BCUT2D eigenvalue weighted by Crippen LogP contribution is 2.43. The molecule has 162 valence electrons. The third-order valence-electron chi connectivity index (χ3n) is 6.45. The monoisotopic (exact) mass is 418 g/mol. The molecule has 0 bridgehead atoms. The van der Waals surface area contributed by atoms with Crippen LogP contribution in [0, 0.1) is 24.0 Å². The average molecular weight is 418 g/mol. The van der Waals surface area contributed by atoms with Crippen molar-refractivity contribution in [2.24, 2.45) is 5.41 Å². The number of hydrogen-bond acceptors (Lipinski definition) is 5. The lowest BCUT2D eigenvalue weighted by Crippen LogP contribution is -2.42. The van der Waals surface area contributed by atoms with E-state index < -0.39 is 17.0 Å². The van der Waals surface area contributed by atoms with Crippen LogP contribution in [0.3, 0.4) is 0 Å². The van der Waals surface area contributed by atoms with E-state index in [2.05, 4.69) is 20.0 Å². The Bertz CT molecular complexity index is 908. The van der Waals surface area contributed by atoms with E-state index in [1.54, 1.807) is 6.07 Å². The van der Waals surface area contributed by atoms with E-state index in [4.69, 9.17) is 4.74 Å². The Morgan fingerprint density at radius 2 is 2.07 bits per heavy atom. The molecule has 1 atom stereocenters. The summed E-state index contributed by atoms with van der Waals surface area (Å²) in [4.78, 5) is 16.9. The van der Waals surface area contributed by atoms with Crippen LogP contribution >= 0.6 is 0 Å². The molecule has 3 heterocycles. The zero-order valence-electron chi connectivity index (χ0n) is 17.5. The minimum absolute atomic E-state index is 0.114. The Hall–Kier alpha value is -2.32. The van der Waals surface area contributed by atoms with E-state index in [-0.39, 0.29) is 12.1 Å². The van der Waals surface area contributed by atoms with Crippen LogP contribution in [0.4, 0.5) is 8.78 Å². The molecular formula is C22H28F2N4O2. The molecule has 0 saturated carbocycles. The van der Waals surface area contributed by atoms with Crippen LogP contribution < -0.4 is 0 Å². The van der Waals surface area contributed by atoms with Gasteiger partial charge >= 0.3 is 5.97 Å². The summed E-state index contributed by atoms with van der Waals surface area (Å²) in [6.45, 7) is 5.10. The van der Waals surface area contributed by atoms with Gasteiger partial charge in [-0.05, 0) is 46.0 Å². The second-order valence-corrected chi connectivity index (χ2v) is 8.72. The molecule has 4 rings (SSSR count). The maximum absolute atomic E-state index is 14.0. The second kappa shape index (κ2) is 8.43. The van der Waals surface area contributed by atoms with Crippen LogP contribution in [0.5, 0.6) is 0 Å². The summed E-state index contributed by atoms with van der Waals surface area (Å²) in [5, 5.41) is 6.99. The van der Waals surface area contributed by atoms with Gasteiger partial charge in [-0.1, -0.05) is 12.1 Å². The summed E-state index contributed by atoms with van der Waals surface area (Å²) in [6.07, 6.45) is 3.78. The molecule has 1 spiro atoms. The number of likely N-dealkylation sites (N-methyl/N-ethyl adjacent to an activating group) is 1. The quantitative estimate of drug-likeness (QED) is 0.731. The van der Waals surface area contributed by atoms with Crippen molar-refractivity contribution in [2.75, 3.05) is 26.7 Å². The number of hydrogen-bond donors (Lipinski definition) is 1. The number of esters is 1. The van der Waals surface area contributed by atoms with E-state index in [0.29, 0.717) is 51.0 Å². The van der Waals surface area contributed by atoms with Crippen LogP contribution in [-0.4, -0.2) is 58.8 Å². The predicted molar refractivity (Wildman–Crippen MR) is 107 cm³/mol. The molecule has 0 aliphatic carbocycles. The van der Waals surface area contributed by atoms with Crippen molar-refractivity contribution in [1.29, 1.82) is 0 Å². The van der Waals surface area contributed by atoms with E-state index in [9.17, 15) is 13.6 Å². The van der Waals surface area contributed by atoms with Crippen molar-refractivity contribution < 1.29 is 18.3 Å². The zero-order valence-corrected chi connectivity index (χ0v) is 17.5. The molecule has 1 aromatic heterocycles. The van der Waals surface area contributed by atoms with Crippen molar-refractivity contribution in [1.82, 2.24) is 20.0 Å². The molecule has 2 aromatic rings. The molecule has 6 nitrogen and oxygen atoms in total. The second-order valence-electron chi connectivity index (χ2n) is 8.72. The molecule has 2 aliphatic heterocycles. The number of aromatic nitrogens is 2. The van der Waals surface area contributed by atoms with Crippen LogP contribution in [-0.2, 0) is 22.6 Å². The number of rotatable bonds is 6. The molecule has 0 radical (unpaired) electrons. The van der Waals surface area contributed by atoms with Crippen molar-refractivity contribution in [3.8, 4) is 0 Å². The number of carbonyl (C=O) groups excluding carboxylic acids is 1. The first-order chi connectivity index (χ1) is 14.4. The number of nitrogens with zero attached hydrogens (tertiary/aromatic N) is 3. The third-order valence-corrected chi connectivity index (χ3v) is 6.45. The zero-order chi connectivity index (χ0) is 21.3. The molecule has 8 heteroatoms. The summed E-state index contributed by atoms with van der Waals surface area (Å²) in [5.74, 6) is -1.72. The van der Waals surface area contributed by atoms with Crippen molar-refractivity contribution >= 4 is 5.97 Å². The van der Waals surface area contributed by atoms with Gasteiger partial charge in [0.15, 0.2) is 11.6 Å². The van der Waals surface area contributed by atoms with Gasteiger partial charge in [-0.15, -0.1) is 0 Å². The molecule has 2 fully saturated rings. The number of likely N-dealkylation sites (tertiary alicyclic amines) is 1. The lowest BCUT2D eigenvalue weighted by Gasteiger charge is -2.36. The first-order valence-corrected chi connectivity index (χ1v) is 10.4. The Balaban J connectivity index is 1.31. The van der Waals surface area contributed by atoms with Gasteiger partial charge < -0.3 is 4.74 Å². The van der Waals surface area contributed by atoms with Gasteiger partial charge in [0.25, 0.3) is 0 Å². The maximum Gasteiger partial charge on any atom is 0.312 e. The summed E-state index contributed by atoms with van der Waals surface area (Å²) >= 11 is 0. The van der Waals surface area contributed by atoms with E-state index in [1.165, 1.54) is 6.07 Å². The van der Waals surface area contributed by atoms with Gasteiger partial charge in [-0.2, -0.15) is 5.10 Å². The van der Waals surface area contributed by atoms with Gasteiger partial charge in [-0.3, -0.25) is 19.7 Å². The highest BCUT2D eigenvalue weighted by molar-refractivity contribution is 5.79. The molecular weight excluding hydrogens is 390 g/mol. The Labute approximate surface area is 175 Å². The van der Waals surface area contributed by atoms with Gasteiger partial charge in [0.2, 0.25) is 0 Å². The fourth-order valence-corrected chi connectivity index (χ4v) is 4.64. The largest absolute Gasteiger partial charge is 0.461 e. The van der Waals surface area contributed by atoms with E-state index >= 15 is 0 Å². The van der Waals surface area contributed by atoms with Gasteiger partial charge in [0.1, 0.15) is 6.10 Å². The number of piperidine rings is 1. The first kappa shape index (κ1) is 20.9. The number of ether oxygens (including phenoxy) is 1. The Morgan fingerprint density at radius 1 is 1.30 bits per heavy atom. The van der Waals surface area contributed by atoms with Crippen molar-refractivity contribution in [2.45, 2.75) is 45.4 Å². The molecule has 0 amide bonds. The molecule has 1 unspecified atom stereocenters. The topological polar surface area (TPSA) is 61.5 Å². The van der Waals surface area contributed by atoms with Crippen molar-refractivity contribution in [3.63, 3.8) is 0 Å². The minimum atomic E-state index is -0.821. The number of aromatic amines is 1. The molecule has 1 aromatic carbocycles. The fraction of sp³-hybridized carbons (Fsp3) is 0.545. The van der Waals surface area contributed by atoms with Crippen molar-refractivity contribution in [3.05, 3.63) is 52.9 Å². The lowest BCUT2D eigenvalue weighted by molar-refractivity contribution is -0.151. The number of halogens is 2. The molecule has 1 N–H and O–H groups in total. The number of benzene rings is 1. The Kier molecular flexibility index (Phi) is 5.88. The molecule has 30 heavy (non-hydrogen) atoms. The van der Waals surface area contributed by atoms with Crippen LogP contribution in [0.2, 0.25) is 0 Å². The summed E-state index contributed by atoms with van der Waals surface area (Å²) in [5.41, 5.74) is 2.08. The first-order valence-electron chi connectivity index (χ1n) is 10.4. The van der Waals surface area contributed by atoms with E-state index in [1.807, 2.05) is 20.2 Å². The fourth-order valence-electron chi connectivity index (χ4n) is 4.64. The SMILES string of the molecule is Cc1[nH]ncc1CN(C)CC1CC2(CCN(Cc3cccc(F)c3F)CC2)C(=O)O1. The molecule has 2 saturated heterocycles. The van der Waals surface area contributed by atoms with Crippen LogP contribution in [0.15, 0.2) is 24.4 Å².